The van der Waals surface area contributed by atoms with E-state index in [1.54, 1.807) is 11.4 Å². The molecule has 2 fully saturated rings. The molecule has 1 aromatic heterocycles. The van der Waals surface area contributed by atoms with Crippen LogP contribution in [0.3, 0.4) is 0 Å². The number of nitrogens with zero attached hydrogens (tertiary/aromatic N) is 1. The maximum absolute atomic E-state index is 11.2. The molecule has 0 saturated carbocycles. The number of carboxylic acid groups (broad SMARTS) is 1. The van der Waals surface area contributed by atoms with Crippen LogP contribution in [0.1, 0.15) is 34.5 Å². The second-order valence-corrected chi connectivity index (χ2v) is 5.75. The first-order valence-corrected chi connectivity index (χ1v) is 6.78. The number of aliphatic hydroxyl groups is 1. The highest BCUT2D eigenvalue weighted by molar-refractivity contribution is 7.10. The average Bonchev–Trinajstić information content (AvgIpc) is 2.96. The predicted octanol–water partition coefficient (Wildman–Crippen LogP) is 1.50. The molecule has 2 unspecified atom stereocenters. The lowest BCUT2D eigenvalue weighted by molar-refractivity contribution is 0.0114. The maximum atomic E-state index is 11.2. The van der Waals surface area contributed by atoms with Gasteiger partial charge in [0.1, 0.15) is 5.60 Å². The minimum Gasteiger partial charge on any atom is -0.478 e. The molecule has 2 N–H and O–H groups in total. The highest BCUT2D eigenvalue weighted by Gasteiger charge is 2.51. The van der Waals surface area contributed by atoms with Crippen molar-refractivity contribution in [3.63, 3.8) is 0 Å². The van der Waals surface area contributed by atoms with Crippen molar-refractivity contribution < 1.29 is 15.0 Å². The summed E-state index contributed by atoms with van der Waals surface area (Å²) in [5.74, 6) is -0.939. The highest BCUT2D eigenvalue weighted by atomic mass is 32.1. The van der Waals surface area contributed by atoms with Gasteiger partial charge in [-0.05, 0) is 37.3 Å². The van der Waals surface area contributed by atoms with E-state index in [9.17, 15) is 9.90 Å². The quantitative estimate of drug-likeness (QED) is 0.838. The Morgan fingerprint density at radius 3 is 3.12 bits per heavy atom. The summed E-state index contributed by atoms with van der Waals surface area (Å²) in [6, 6.07) is 1.71. The number of hydrogen-bond donors (Lipinski definition) is 2. The zero-order valence-corrected chi connectivity index (χ0v) is 10.2. The minimum atomic E-state index is -0.946. The van der Waals surface area contributed by atoms with Gasteiger partial charge in [-0.25, -0.2) is 4.79 Å². The van der Waals surface area contributed by atoms with Crippen LogP contribution < -0.4 is 0 Å². The van der Waals surface area contributed by atoms with Crippen molar-refractivity contribution in [3.05, 3.63) is 21.9 Å². The van der Waals surface area contributed by atoms with E-state index in [0.29, 0.717) is 11.3 Å². The molecule has 2 saturated heterocycles. The number of carbonyl (C=O) groups is 1. The fourth-order valence-corrected chi connectivity index (χ4v) is 4.26. The summed E-state index contributed by atoms with van der Waals surface area (Å²) in [6.07, 6.45) is 2.71. The SMILES string of the molecule is O=C(O)c1ccsc1C1(O)CCN2CCCC21. The highest BCUT2D eigenvalue weighted by Crippen LogP contribution is 2.45. The third-order valence-electron chi connectivity index (χ3n) is 3.98. The second kappa shape index (κ2) is 3.80. The van der Waals surface area contributed by atoms with Gasteiger partial charge in [0, 0.05) is 12.6 Å². The van der Waals surface area contributed by atoms with Gasteiger partial charge in [0.2, 0.25) is 0 Å². The lowest BCUT2D eigenvalue weighted by Crippen LogP contribution is -2.39. The summed E-state index contributed by atoms with van der Waals surface area (Å²) >= 11 is 1.37. The van der Waals surface area contributed by atoms with Gasteiger partial charge in [-0.3, -0.25) is 4.90 Å². The van der Waals surface area contributed by atoms with Crippen molar-refractivity contribution >= 4 is 17.3 Å². The molecular weight excluding hydrogens is 238 g/mol. The van der Waals surface area contributed by atoms with Crippen LogP contribution in [-0.2, 0) is 5.60 Å². The van der Waals surface area contributed by atoms with Crippen LogP contribution in [0.15, 0.2) is 11.4 Å². The first-order valence-electron chi connectivity index (χ1n) is 5.90. The number of thiophene rings is 1. The monoisotopic (exact) mass is 253 g/mol. The van der Waals surface area contributed by atoms with Crippen LogP contribution in [-0.4, -0.2) is 40.2 Å². The van der Waals surface area contributed by atoms with Crippen LogP contribution in [0, 0.1) is 0 Å². The molecule has 2 aliphatic heterocycles. The van der Waals surface area contributed by atoms with Crippen molar-refractivity contribution in [3.8, 4) is 0 Å². The standard InChI is InChI=1S/C12H15NO3S/c14-11(15)8-3-7-17-10(8)12(16)4-6-13-5-1-2-9(12)13/h3,7,9,16H,1-2,4-6H2,(H,14,15). The zero-order valence-electron chi connectivity index (χ0n) is 9.43. The molecule has 0 amide bonds. The predicted molar refractivity (Wildman–Crippen MR) is 64.4 cm³/mol. The van der Waals surface area contributed by atoms with Gasteiger partial charge in [-0.2, -0.15) is 0 Å². The minimum absolute atomic E-state index is 0.110. The largest absolute Gasteiger partial charge is 0.478 e. The number of rotatable bonds is 2. The van der Waals surface area contributed by atoms with Gasteiger partial charge < -0.3 is 10.2 Å². The van der Waals surface area contributed by atoms with E-state index in [4.69, 9.17) is 5.11 Å². The van der Waals surface area contributed by atoms with Crippen molar-refractivity contribution in [2.24, 2.45) is 0 Å². The van der Waals surface area contributed by atoms with E-state index in [1.165, 1.54) is 11.3 Å². The fourth-order valence-electron chi connectivity index (χ4n) is 3.19. The normalized spacial score (nSPS) is 32.9. The fraction of sp³-hybridized carbons (Fsp3) is 0.583. The summed E-state index contributed by atoms with van der Waals surface area (Å²) in [5.41, 5.74) is -0.676. The third kappa shape index (κ3) is 1.53. The molecule has 0 spiro atoms. The van der Waals surface area contributed by atoms with Crippen LogP contribution in [0.4, 0.5) is 0 Å². The van der Waals surface area contributed by atoms with E-state index in [2.05, 4.69) is 4.90 Å². The molecule has 3 heterocycles. The summed E-state index contributed by atoms with van der Waals surface area (Å²) < 4.78 is 0. The van der Waals surface area contributed by atoms with Crippen LogP contribution >= 0.6 is 11.3 Å². The van der Waals surface area contributed by atoms with Gasteiger partial charge in [0.05, 0.1) is 10.4 Å². The smallest absolute Gasteiger partial charge is 0.336 e. The lowest BCUT2D eigenvalue weighted by atomic mass is 9.89. The molecule has 0 aliphatic carbocycles. The Labute approximate surface area is 103 Å². The Kier molecular flexibility index (Phi) is 2.50. The first kappa shape index (κ1) is 11.2. The lowest BCUT2D eigenvalue weighted by Gasteiger charge is -2.29. The molecule has 4 nitrogen and oxygen atoms in total. The molecule has 2 atom stereocenters. The molecule has 17 heavy (non-hydrogen) atoms. The van der Waals surface area contributed by atoms with Gasteiger partial charge in [0.15, 0.2) is 0 Å². The third-order valence-corrected chi connectivity index (χ3v) is 5.07. The van der Waals surface area contributed by atoms with Crippen molar-refractivity contribution in [1.29, 1.82) is 0 Å². The van der Waals surface area contributed by atoms with E-state index in [1.807, 2.05) is 0 Å². The van der Waals surface area contributed by atoms with E-state index in [-0.39, 0.29) is 11.6 Å². The molecule has 2 aliphatic rings. The Morgan fingerprint density at radius 2 is 2.35 bits per heavy atom. The molecule has 0 aromatic carbocycles. The molecular formula is C12H15NO3S. The summed E-state index contributed by atoms with van der Waals surface area (Å²) in [4.78, 5) is 14.1. The number of fused-ring (bicyclic) bond motifs is 1. The van der Waals surface area contributed by atoms with E-state index >= 15 is 0 Å². The molecule has 5 heteroatoms. The number of hydrogen-bond acceptors (Lipinski definition) is 4. The average molecular weight is 253 g/mol. The zero-order chi connectivity index (χ0) is 12.0. The first-order chi connectivity index (χ1) is 8.13. The summed E-state index contributed by atoms with van der Waals surface area (Å²) in [7, 11) is 0. The van der Waals surface area contributed by atoms with Crippen LogP contribution in [0.25, 0.3) is 0 Å². The van der Waals surface area contributed by atoms with Gasteiger partial charge in [-0.1, -0.05) is 0 Å². The Balaban J connectivity index is 2.02. The molecule has 92 valence electrons. The van der Waals surface area contributed by atoms with E-state index in [0.717, 1.165) is 25.9 Å². The van der Waals surface area contributed by atoms with Crippen LogP contribution in [0.5, 0.6) is 0 Å². The van der Waals surface area contributed by atoms with Crippen molar-refractivity contribution in [1.82, 2.24) is 4.90 Å². The number of aromatic carboxylic acids is 1. The van der Waals surface area contributed by atoms with Gasteiger partial charge in [-0.15, -0.1) is 11.3 Å². The molecule has 3 rings (SSSR count). The molecule has 1 aromatic rings. The van der Waals surface area contributed by atoms with Crippen molar-refractivity contribution in [2.45, 2.75) is 30.9 Å². The van der Waals surface area contributed by atoms with Crippen molar-refractivity contribution in [2.75, 3.05) is 13.1 Å². The molecule has 0 radical (unpaired) electrons. The van der Waals surface area contributed by atoms with Gasteiger partial charge >= 0.3 is 5.97 Å². The Morgan fingerprint density at radius 1 is 1.53 bits per heavy atom. The second-order valence-electron chi connectivity index (χ2n) is 4.84. The van der Waals surface area contributed by atoms with Gasteiger partial charge in [0.25, 0.3) is 0 Å². The molecule has 0 bridgehead atoms. The Bertz CT molecular complexity index is 458. The van der Waals surface area contributed by atoms with E-state index < -0.39 is 11.6 Å². The summed E-state index contributed by atoms with van der Waals surface area (Å²) in [6.45, 7) is 1.90. The Hall–Kier alpha value is -0.910. The maximum Gasteiger partial charge on any atom is 0.336 e. The summed E-state index contributed by atoms with van der Waals surface area (Å²) in [5, 5.41) is 21.8. The number of carboxylic acids is 1. The topological polar surface area (TPSA) is 60.8 Å². The van der Waals surface area contributed by atoms with Crippen LogP contribution in [0.2, 0.25) is 0 Å².